The second-order valence-corrected chi connectivity index (χ2v) is 10.2. The zero-order valence-electron chi connectivity index (χ0n) is 21.8. The molecule has 7 heteroatoms. The van der Waals surface area contributed by atoms with E-state index in [0.29, 0.717) is 50.8 Å². The predicted molar refractivity (Wildman–Crippen MR) is 143 cm³/mol. The molecule has 38 heavy (non-hydrogen) atoms. The number of carboxylic acid groups (broad SMARTS) is 1. The van der Waals surface area contributed by atoms with Crippen LogP contribution < -0.4 is 14.2 Å². The number of rotatable bonds is 9. The lowest BCUT2D eigenvalue weighted by molar-refractivity contribution is -0.137. The van der Waals surface area contributed by atoms with Crippen molar-refractivity contribution >= 4 is 5.97 Å². The third-order valence-corrected chi connectivity index (χ3v) is 7.19. The smallest absolute Gasteiger partial charge is 0.304 e. The molecule has 0 spiro atoms. The third-order valence-electron chi connectivity index (χ3n) is 7.19. The van der Waals surface area contributed by atoms with Crippen LogP contribution in [-0.2, 0) is 16.1 Å². The summed E-state index contributed by atoms with van der Waals surface area (Å²) in [7, 11) is 0. The van der Waals surface area contributed by atoms with Gasteiger partial charge in [-0.05, 0) is 72.4 Å². The number of hydrogen-bond acceptors (Lipinski definition) is 6. The van der Waals surface area contributed by atoms with Gasteiger partial charge in [0.05, 0.1) is 25.2 Å². The lowest BCUT2D eigenvalue weighted by Crippen LogP contribution is -2.33. The maximum Gasteiger partial charge on any atom is 0.304 e. The zero-order chi connectivity index (χ0) is 26.6. The monoisotopic (exact) mass is 518 g/mol. The van der Waals surface area contributed by atoms with Crippen molar-refractivity contribution < 1.29 is 34.0 Å². The molecule has 5 rings (SSSR count). The molecular weight excluding hydrogens is 484 g/mol. The largest absolute Gasteiger partial charge is 0.492 e. The molecule has 1 saturated heterocycles. The van der Waals surface area contributed by atoms with Gasteiger partial charge in [0.1, 0.15) is 30.5 Å². The van der Waals surface area contributed by atoms with Crippen LogP contribution in [-0.4, -0.2) is 48.2 Å². The number of aliphatic hydroxyl groups excluding tert-OH is 1. The van der Waals surface area contributed by atoms with E-state index in [1.54, 1.807) is 0 Å². The Balaban J connectivity index is 1.24. The molecule has 2 aliphatic heterocycles. The fourth-order valence-electron chi connectivity index (χ4n) is 5.34. The van der Waals surface area contributed by atoms with Gasteiger partial charge in [0.2, 0.25) is 0 Å². The fourth-order valence-corrected chi connectivity index (χ4v) is 5.34. The molecule has 0 aromatic heterocycles. The summed E-state index contributed by atoms with van der Waals surface area (Å²) >= 11 is 0. The van der Waals surface area contributed by atoms with Crippen molar-refractivity contribution in [3.63, 3.8) is 0 Å². The first-order valence-corrected chi connectivity index (χ1v) is 13.1. The van der Waals surface area contributed by atoms with Crippen molar-refractivity contribution in [3.05, 3.63) is 76.9 Å². The van der Waals surface area contributed by atoms with Crippen molar-refractivity contribution in [1.82, 2.24) is 0 Å². The average molecular weight is 519 g/mol. The van der Waals surface area contributed by atoms with Crippen molar-refractivity contribution in [2.24, 2.45) is 0 Å². The van der Waals surface area contributed by atoms with E-state index in [-0.39, 0.29) is 24.5 Å². The van der Waals surface area contributed by atoms with Gasteiger partial charge in [-0.3, -0.25) is 4.79 Å². The number of fused-ring (bicyclic) bond motifs is 1. The van der Waals surface area contributed by atoms with E-state index in [9.17, 15) is 9.90 Å². The van der Waals surface area contributed by atoms with Gasteiger partial charge in [-0.1, -0.05) is 24.3 Å². The SMILES string of the molecule is Cc1cc(OCC2CC(O)CCO2)cc(C)c1-c1cccc(COc2ccc3c(c2)OCC3CC(=O)O)c1. The summed E-state index contributed by atoms with van der Waals surface area (Å²) < 4.78 is 23.5. The van der Waals surface area contributed by atoms with E-state index in [0.717, 1.165) is 33.6 Å². The van der Waals surface area contributed by atoms with E-state index in [2.05, 4.69) is 26.0 Å². The van der Waals surface area contributed by atoms with Gasteiger partial charge in [-0.25, -0.2) is 0 Å². The molecule has 200 valence electrons. The molecule has 0 amide bonds. The molecule has 0 saturated carbocycles. The Hall–Kier alpha value is -3.55. The van der Waals surface area contributed by atoms with Gasteiger partial charge in [-0.2, -0.15) is 0 Å². The first kappa shape index (κ1) is 26.1. The highest BCUT2D eigenvalue weighted by atomic mass is 16.5. The van der Waals surface area contributed by atoms with Crippen LogP contribution >= 0.6 is 0 Å². The number of carbonyl (C=O) groups is 1. The highest BCUT2D eigenvalue weighted by Crippen LogP contribution is 2.38. The van der Waals surface area contributed by atoms with E-state index >= 15 is 0 Å². The zero-order valence-corrected chi connectivity index (χ0v) is 21.8. The van der Waals surface area contributed by atoms with E-state index in [1.165, 1.54) is 5.56 Å². The van der Waals surface area contributed by atoms with Gasteiger partial charge in [0, 0.05) is 30.6 Å². The second-order valence-electron chi connectivity index (χ2n) is 10.2. The summed E-state index contributed by atoms with van der Waals surface area (Å²) in [5.41, 5.74) is 6.48. The maximum atomic E-state index is 11.1. The Morgan fingerprint density at radius 1 is 1.03 bits per heavy atom. The quantitative estimate of drug-likeness (QED) is 0.391. The van der Waals surface area contributed by atoms with Gasteiger partial charge in [0.15, 0.2) is 0 Å². The second kappa shape index (κ2) is 11.5. The lowest BCUT2D eigenvalue weighted by atomic mass is 9.94. The van der Waals surface area contributed by atoms with Gasteiger partial charge >= 0.3 is 5.97 Å². The van der Waals surface area contributed by atoms with Crippen LogP contribution in [0.5, 0.6) is 17.2 Å². The van der Waals surface area contributed by atoms with Crippen molar-refractivity contribution in [3.8, 4) is 28.4 Å². The summed E-state index contributed by atoms with van der Waals surface area (Å²) in [6.45, 7) is 5.95. The molecule has 2 heterocycles. The fraction of sp³-hybridized carbons (Fsp3) is 0.387. The number of aliphatic carboxylic acids is 1. The number of ether oxygens (including phenoxy) is 4. The molecule has 2 N–H and O–H groups in total. The molecule has 3 atom stereocenters. The summed E-state index contributed by atoms with van der Waals surface area (Å²) in [4.78, 5) is 11.1. The minimum atomic E-state index is -0.825. The lowest BCUT2D eigenvalue weighted by Gasteiger charge is -2.26. The highest BCUT2D eigenvalue weighted by Gasteiger charge is 2.26. The van der Waals surface area contributed by atoms with Crippen molar-refractivity contribution in [1.29, 1.82) is 0 Å². The summed E-state index contributed by atoms with van der Waals surface area (Å²) in [5, 5.41) is 19.0. The first-order chi connectivity index (χ1) is 18.4. The number of benzene rings is 3. The maximum absolute atomic E-state index is 11.1. The van der Waals surface area contributed by atoms with Crippen molar-refractivity contribution in [2.45, 2.75) is 57.8 Å². The minimum Gasteiger partial charge on any atom is -0.492 e. The topological polar surface area (TPSA) is 94.5 Å². The van der Waals surface area contributed by atoms with Crippen LogP contribution in [0.2, 0.25) is 0 Å². The van der Waals surface area contributed by atoms with Crippen LogP contribution in [0, 0.1) is 13.8 Å². The highest BCUT2D eigenvalue weighted by molar-refractivity contribution is 5.72. The number of carboxylic acids is 1. The number of aryl methyl sites for hydroxylation is 2. The number of hydrogen-bond donors (Lipinski definition) is 2. The molecule has 0 bridgehead atoms. The minimum absolute atomic E-state index is 0.0605. The van der Waals surface area contributed by atoms with Gasteiger partial charge < -0.3 is 29.2 Å². The van der Waals surface area contributed by atoms with E-state index < -0.39 is 5.97 Å². The standard InChI is InChI=1S/C31H34O7/c1-19-10-26(37-18-27-14-24(32)8-9-35-27)11-20(2)31(19)22-5-3-4-21(12-22)16-36-25-6-7-28-23(13-30(33)34)17-38-29(28)15-25/h3-7,10-12,15,23-24,27,32H,8-9,13-14,16-18H2,1-2H3,(H,33,34). The van der Waals surface area contributed by atoms with Crippen LogP contribution in [0.1, 0.15) is 47.4 Å². The molecule has 0 radical (unpaired) electrons. The van der Waals surface area contributed by atoms with Crippen molar-refractivity contribution in [2.75, 3.05) is 19.8 Å². The first-order valence-electron chi connectivity index (χ1n) is 13.1. The average Bonchev–Trinajstić information content (AvgIpc) is 3.27. The van der Waals surface area contributed by atoms with E-state index in [1.807, 2.05) is 42.5 Å². The molecule has 3 aromatic rings. The van der Waals surface area contributed by atoms with E-state index in [4.69, 9.17) is 24.1 Å². The Kier molecular flexibility index (Phi) is 7.86. The Morgan fingerprint density at radius 3 is 2.61 bits per heavy atom. The number of aliphatic hydroxyl groups is 1. The summed E-state index contributed by atoms with van der Waals surface area (Å²) in [6, 6.07) is 18.0. The van der Waals surface area contributed by atoms with Crippen LogP contribution in [0.15, 0.2) is 54.6 Å². The van der Waals surface area contributed by atoms with Crippen LogP contribution in [0.25, 0.3) is 11.1 Å². The van der Waals surface area contributed by atoms with Crippen LogP contribution in [0.4, 0.5) is 0 Å². The molecule has 3 unspecified atom stereocenters. The van der Waals surface area contributed by atoms with Crippen LogP contribution in [0.3, 0.4) is 0 Å². The normalized spacial score (nSPS) is 20.4. The molecule has 1 fully saturated rings. The Bertz CT molecular complexity index is 1280. The van der Waals surface area contributed by atoms with Gasteiger partial charge in [-0.15, -0.1) is 0 Å². The predicted octanol–water partition coefficient (Wildman–Crippen LogP) is 5.42. The summed E-state index contributed by atoms with van der Waals surface area (Å²) in [6.07, 6.45) is 0.954. The third kappa shape index (κ3) is 6.11. The Labute approximate surface area is 222 Å². The molecule has 3 aromatic carbocycles. The Morgan fingerprint density at radius 2 is 1.84 bits per heavy atom. The molecule has 2 aliphatic rings. The van der Waals surface area contributed by atoms with Gasteiger partial charge in [0.25, 0.3) is 0 Å². The molecule has 0 aliphatic carbocycles. The summed E-state index contributed by atoms with van der Waals surface area (Å²) in [5.74, 6) is 1.24. The molecule has 7 nitrogen and oxygen atoms in total. The molecular formula is C31H34O7.